The fraction of sp³-hybridized carbons (Fsp3) is 0.300. The zero-order valence-electron chi connectivity index (χ0n) is 13.8. The number of hydrogen-bond donors (Lipinski definition) is 1. The predicted octanol–water partition coefficient (Wildman–Crippen LogP) is 3.44. The summed E-state index contributed by atoms with van der Waals surface area (Å²) in [5.74, 6) is -0.967. The summed E-state index contributed by atoms with van der Waals surface area (Å²) in [4.78, 5) is 24.8. The Morgan fingerprint density at radius 2 is 1.92 bits per heavy atom. The van der Waals surface area contributed by atoms with Crippen molar-refractivity contribution in [3.8, 4) is 11.1 Å². The molecule has 1 heterocycles. The van der Waals surface area contributed by atoms with E-state index >= 15 is 0 Å². The Hall–Kier alpha value is -2.82. The van der Waals surface area contributed by atoms with Gasteiger partial charge in [-0.15, -0.1) is 0 Å². The van der Waals surface area contributed by atoms with Crippen LogP contribution in [0.2, 0.25) is 0 Å². The SMILES string of the molecule is O=C(O)C1CCCN1C(=O)OCc1cccc2c1Cc1ccccc1-2. The van der Waals surface area contributed by atoms with Gasteiger partial charge in [-0.2, -0.15) is 0 Å². The molecule has 1 amide bonds. The minimum absolute atomic E-state index is 0.166. The normalized spacial score (nSPS) is 17.9. The first kappa shape index (κ1) is 15.7. The number of benzene rings is 2. The molecule has 2 aromatic rings. The van der Waals surface area contributed by atoms with Crippen LogP contribution >= 0.6 is 0 Å². The lowest BCUT2D eigenvalue weighted by atomic mass is 10.0. The number of carbonyl (C=O) groups is 2. The summed E-state index contributed by atoms with van der Waals surface area (Å²) in [6.07, 6.45) is 1.47. The fourth-order valence-corrected chi connectivity index (χ4v) is 3.82. The molecule has 1 aliphatic carbocycles. The van der Waals surface area contributed by atoms with Gasteiger partial charge < -0.3 is 9.84 Å². The first-order chi connectivity index (χ1) is 12.1. The van der Waals surface area contributed by atoms with Crippen LogP contribution in [0.3, 0.4) is 0 Å². The maximum Gasteiger partial charge on any atom is 0.410 e. The van der Waals surface area contributed by atoms with Gasteiger partial charge in [-0.25, -0.2) is 9.59 Å². The van der Waals surface area contributed by atoms with Crippen LogP contribution in [0.4, 0.5) is 4.79 Å². The summed E-state index contributed by atoms with van der Waals surface area (Å²) in [5.41, 5.74) is 5.87. The number of amides is 1. The van der Waals surface area contributed by atoms with Crippen molar-refractivity contribution in [1.29, 1.82) is 0 Å². The molecule has 1 saturated heterocycles. The van der Waals surface area contributed by atoms with Gasteiger partial charge in [0.15, 0.2) is 0 Å². The lowest BCUT2D eigenvalue weighted by Crippen LogP contribution is -2.40. The molecule has 128 valence electrons. The van der Waals surface area contributed by atoms with Crippen molar-refractivity contribution < 1.29 is 19.4 Å². The zero-order chi connectivity index (χ0) is 17.4. The van der Waals surface area contributed by atoms with Crippen molar-refractivity contribution in [2.75, 3.05) is 6.54 Å². The molecule has 0 radical (unpaired) electrons. The number of rotatable bonds is 3. The van der Waals surface area contributed by atoms with Gasteiger partial charge in [0.1, 0.15) is 12.6 Å². The Balaban J connectivity index is 1.50. The summed E-state index contributed by atoms with van der Waals surface area (Å²) >= 11 is 0. The largest absolute Gasteiger partial charge is 0.480 e. The van der Waals surface area contributed by atoms with E-state index in [0.717, 1.165) is 12.0 Å². The molecule has 5 nitrogen and oxygen atoms in total. The van der Waals surface area contributed by atoms with E-state index < -0.39 is 18.1 Å². The number of ether oxygens (including phenoxy) is 1. The van der Waals surface area contributed by atoms with E-state index in [0.29, 0.717) is 19.4 Å². The van der Waals surface area contributed by atoms with Gasteiger partial charge in [-0.3, -0.25) is 4.90 Å². The number of carbonyl (C=O) groups excluding carboxylic acids is 1. The number of fused-ring (bicyclic) bond motifs is 3. The van der Waals surface area contributed by atoms with Crippen LogP contribution in [0.25, 0.3) is 11.1 Å². The predicted molar refractivity (Wildman–Crippen MR) is 92.2 cm³/mol. The van der Waals surface area contributed by atoms with Gasteiger partial charge in [0, 0.05) is 6.54 Å². The molecular formula is C20H19NO4. The highest BCUT2D eigenvalue weighted by Crippen LogP contribution is 2.38. The Morgan fingerprint density at radius 1 is 1.12 bits per heavy atom. The molecule has 1 atom stereocenters. The van der Waals surface area contributed by atoms with Crippen LogP contribution in [-0.2, 0) is 22.6 Å². The van der Waals surface area contributed by atoms with Gasteiger partial charge in [-0.1, -0.05) is 42.5 Å². The maximum atomic E-state index is 12.3. The standard InChI is InChI=1S/C20H19NO4/c22-19(23)18-9-4-10-21(18)20(24)25-12-14-6-3-8-16-15-7-2-1-5-13(15)11-17(14)16/h1-3,5-8,18H,4,9-12H2,(H,22,23). The van der Waals surface area contributed by atoms with E-state index in [1.807, 2.05) is 24.3 Å². The second-order valence-corrected chi connectivity index (χ2v) is 6.52. The molecule has 5 heteroatoms. The first-order valence-corrected chi connectivity index (χ1v) is 8.50. The van der Waals surface area contributed by atoms with E-state index in [9.17, 15) is 14.7 Å². The summed E-state index contributed by atoms with van der Waals surface area (Å²) in [5, 5.41) is 9.20. The quantitative estimate of drug-likeness (QED) is 0.795. The Bertz CT molecular complexity index is 845. The average Bonchev–Trinajstić information content (AvgIpc) is 3.24. The van der Waals surface area contributed by atoms with Crippen molar-refractivity contribution in [2.45, 2.75) is 31.9 Å². The van der Waals surface area contributed by atoms with Crippen molar-refractivity contribution in [3.05, 3.63) is 59.2 Å². The lowest BCUT2D eigenvalue weighted by molar-refractivity contribution is -0.141. The second-order valence-electron chi connectivity index (χ2n) is 6.52. The van der Waals surface area contributed by atoms with Gasteiger partial charge in [0.25, 0.3) is 0 Å². The molecule has 0 aromatic heterocycles. The minimum atomic E-state index is -0.967. The Morgan fingerprint density at radius 3 is 2.76 bits per heavy atom. The summed E-state index contributed by atoms with van der Waals surface area (Å²) in [6.45, 7) is 0.604. The third-order valence-electron chi connectivity index (χ3n) is 5.07. The molecule has 4 rings (SSSR count). The summed E-state index contributed by atoms with van der Waals surface area (Å²) in [6, 6.07) is 13.6. The van der Waals surface area contributed by atoms with E-state index in [2.05, 4.69) is 18.2 Å². The zero-order valence-corrected chi connectivity index (χ0v) is 13.8. The third kappa shape index (κ3) is 2.76. The number of likely N-dealkylation sites (tertiary alicyclic amines) is 1. The Labute approximate surface area is 145 Å². The highest BCUT2D eigenvalue weighted by atomic mass is 16.6. The van der Waals surface area contributed by atoms with Crippen molar-refractivity contribution in [1.82, 2.24) is 4.90 Å². The van der Waals surface area contributed by atoms with Crippen LogP contribution in [0.15, 0.2) is 42.5 Å². The van der Waals surface area contributed by atoms with Crippen LogP contribution in [-0.4, -0.2) is 34.7 Å². The van der Waals surface area contributed by atoms with Crippen LogP contribution in [0, 0.1) is 0 Å². The monoisotopic (exact) mass is 337 g/mol. The van der Waals surface area contributed by atoms with Gasteiger partial charge in [-0.05, 0) is 47.1 Å². The summed E-state index contributed by atoms with van der Waals surface area (Å²) in [7, 11) is 0. The van der Waals surface area contributed by atoms with Gasteiger partial charge in [0.2, 0.25) is 0 Å². The highest BCUT2D eigenvalue weighted by molar-refractivity contribution is 5.81. The lowest BCUT2D eigenvalue weighted by Gasteiger charge is -2.21. The molecule has 1 N–H and O–H groups in total. The van der Waals surface area contributed by atoms with E-state index in [1.165, 1.54) is 27.2 Å². The fourth-order valence-electron chi connectivity index (χ4n) is 3.82. The number of carboxylic acid groups (broad SMARTS) is 1. The molecule has 1 unspecified atom stereocenters. The highest BCUT2D eigenvalue weighted by Gasteiger charge is 2.35. The molecule has 1 aliphatic heterocycles. The molecular weight excluding hydrogens is 318 g/mol. The molecule has 2 aromatic carbocycles. The van der Waals surface area contributed by atoms with E-state index in [-0.39, 0.29) is 6.61 Å². The molecule has 0 saturated carbocycles. The van der Waals surface area contributed by atoms with E-state index in [1.54, 1.807) is 0 Å². The number of nitrogens with zero attached hydrogens (tertiary/aromatic N) is 1. The molecule has 25 heavy (non-hydrogen) atoms. The molecule has 0 spiro atoms. The minimum Gasteiger partial charge on any atom is -0.480 e. The van der Waals surface area contributed by atoms with Gasteiger partial charge >= 0.3 is 12.1 Å². The molecule has 2 aliphatic rings. The number of aliphatic carboxylic acids is 1. The van der Waals surface area contributed by atoms with Gasteiger partial charge in [0.05, 0.1) is 0 Å². The smallest absolute Gasteiger partial charge is 0.410 e. The second kappa shape index (κ2) is 6.24. The van der Waals surface area contributed by atoms with Crippen LogP contribution in [0.5, 0.6) is 0 Å². The van der Waals surface area contributed by atoms with E-state index in [4.69, 9.17) is 4.74 Å². The topological polar surface area (TPSA) is 66.8 Å². The van der Waals surface area contributed by atoms with Crippen LogP contribution in [0.1, 0.15) is 29.5 Å². The van der Waals surface area contributed by atoms with Crippen LogP contribution < -0.4 is 0 Å². The van der Waals surface area contributed by atoms with Crippen molar-refractivity contribution in [3.63, 3.8) is 0 Å². The van der Waals surface area contributed by atoms with Crippen molar-refractivity contribution in [2.24, 2.45) is 0 Å². The molecule has 0 bridgehead atoms. The first-order valence-electron chi connectivity index (χ1n) is 8.50. The average molecular weight is 337 g/mol. The van der Waals surface area contributed by atoms with Crippen molar-refractivity contribution >= 4 is 12.1 Å². The molecule has 1 fully saturated rings. The Kier molecular flexibility index (Phi) is 3.92. The summed E-state index contributed by atoms with van der Waals surface area (Å²) < 4.78 is 5.44. The number of carboxylic acids is 1. The maximum absolute atomic E-state index is 12.3. The third-order valence-corrected chi connectivity index (χ3v) is 5.07. The number of hydrogen-bond acceptors (Lipinski definition) is 3.